The van der Waals surface area contributed by atoms with Gasteiger partial charge in [-0.2, -0.15) is 10.5 Å². The van der Waals surface area contributed by atoms with Gasteiger partial charge < -0.3 is 9.13 Å². The number of hydrogen-bond donors (Lipinski definition) is 0. The number of rotatable bonds is 2. The zero-order chi connectivity index (χ0) is 24.2. The molecule has 7 rings (SSSR count). The van der Waals surface area contributed by atoms with Crippen LogP contribution >= 0.6 is 0 Å². The monoisotopic (exact) mass is 458 g/mol. The van der Waals surface area contributed by atoms with Crippen molar-refractivity contribution in [2.75, 3.05) is 0 Å². The molecule has 0 aliphatic carbocycles. The SMILES string of the molecule is N#Cc1ccc(-n2c3ccccc3c3ccc(-n4c5ccccc5c5cc(C#N)ccc54)cc32)cc1. The molecule has 0 unspecified atom stereocenters. The van der Waals surface area contributed by atoms with E-state index < -0.39 is 0 Å². The van der Waals surface area contributed by atoms with Gasteiger partial charge in [-0.15, -0.1) is 0 Å². The van der Waals surface area contributed by atoms with E-state index in [4.69, 9.17) is 0 Å². The van der Waals surface area contributed by atoms with Crippen LogP contribution in [0.2, 0.25) is 0 Å². The third kappa shape index (κ3) is 2.79. The number of nitriles is 2. The summed E-state index contributed by atoms with van der Waals surface area (Å²) in [6.07, 6.45) is 0. The van der Waals surface area contributed by atoms with Crippen LogP contribution in [-0.2, 0) is 0 Å². The van der Waals surface area contributed by atoms with Crippen LogP contribution < -0.4 is 0 Å². The van der Waals surface area contributed by atoms with Crippen LogP contribution in [-0.4, -0.2) is 9.13 Å². The Morgan fingerprint density at radius 1 is 0.417 bits per heavy atom. The van der Waals surface area contributed by atoms with E-state index in [0.717, 1.165) is 44.2 Å². The molecule has 2 heterocycles. The van der Waals surface area contributed by atoms with E-state index in [2.05, 4.69) is 81.9 Å². The van der Waals surface area contributed by atoms with Crippen molar-refractivity contribution < 1.29 is 0 Å². The first-order chi connectivity index (χ1) is 17.8. The third-order valence-electron chi connectivity index (χ3n) is 6.97. The number of hydrogen-bond acceptors (Lipinski definition) is 2. The molecule has 0 aliphatic rings. The third-order valence-corrected chi connectivity index (χ3v) is 6.97. The lowest BCUT2D eigenvalue weighted by atomic mass is 10.1. The van der Waals surface area contributed by atoms with Crippen LogP contribution in [0, 0.1) is 22.7 Å². The molecular weight excluding hydrogens is 440 g/mol. The Bertz CT molecular complexity index is 2060. The number of para-hydroxylation sites is 2. The molecular formula is C32H18N4. The first kappa shape index (κ1) is 20.1. The van der Waals surface area contributed by atoms with Gasteiger partial charge in [0, 0.05) is 32.9 Å². The average Bonchev–Trinajstić information content (AvgIpc) is 3.45. The second kappa shape index (κ2) is 7.60. The molecule has 0 atom stereocenters. The fraction of sp³-hybridized carbons (Fsp3) is 0. The highest BCUT2D eigenvalue weighted by Crippen LogP contribution is 2.36. The van der Waals surface area contributed by atoms with Crippen molar-refractivity contribution in [3.63, 3.8) is 0 Å². The van der Waals surface area contributed by atoms with Gasteiger partial charge in [0.05, 0.1) is 45.3 Å². The smallest absolute Gasteiger partial charge is 0.0991 e. The summed E-state index contributed by atoms with van der Waals surface area (Å²) in [7, 11) is 0. The van der Waals surface area contributed by atoms with Crippen LogP contribution in [0.1, 0.15) is 11.1 Å². The van der Waals surface area contributed by atoms with E-state index >= 15 is 0 Å². The second-order valence-corrected chi connectivity index (χ2v) is 8.91. The fourth-order valence-corrected chi connectivity index (χ4v) is 5.38. The van der Waals surface area contributed by atoms with Gasteiger partial charge in [0.25, 0.3) is 0 Å². The molecule has 7 aromatic rings. The van der Waals surface area contributed by atoms with Gasteiger partial charge in [-0.1, -0.05) is 42.5 Å². The minimum absolute atomic E-state index is 0.641. The van der Waals surface area contributed by atoms with Crippen molar-refractivity contribution in [3.05, 3.63) is 120 Å². The van der Waals surface area contributed by atoms with Gasteiger partial charge >= 0.3 is 0 Å². The molecule has 36 heavy (non-hydrogen) atoms. The maximum atomic E-state index is 9.47. The predicted molar refractivity (Wildman–Crippen MR) is 145 cm³/mol. The first-order valence-corrected chi connectivity index (χ1v) is 11.7. The highest BCUT2D eigenvalue weighted by Gasteiger charge is 2.16. The highest BCUT2D eigenvalue weighted by atomic mass is 15.0. The van der Waals surface area contributed by atoms with Crippen LogP contribution in [0.3, 0.4) is 0 Å². The minimum Gasteiger partial charge on any atom is -0.309 e. The summed E-state index contributed by atoms with van der Waals surface area (Å²) in [6.45, 7) is 0. The molecule has 0 bridgehead atoms. The molecule has 0 radical (unpaired) electrons. The van der Waals surface area contributed by atoms with E-state index in [0.29, 0.717) is 11.1 Å². The van der Waals surface area contributed by atoms with E-state index in [1.807, 2.05) is 48.5 Å². The van der Waals surface area contributed by atoms with Crippen molar-refractivity contribution in [2.45, 2.75) is 0 Å². The standard InChI is InChI=1S/C32H18N4/c33-19-21-9-12-23(13-10-21)35-29-7-3-1-5-25(29)27-15-14-24(18-32(27)35)36-30-8-4-2-6-26(30)28-17-22(20-34)11-16-31(28)36/h1-18H. The van der Waals surface area contributed by atoms with Crippen LogP contribution in [0.5, 0.6) is 0 Å². The molecule has 0 saturated heterocycles. The van der Waals surface area contributed by atoms with Crippen molar-refractivity contribution in [2.24, 2.45) is 0 Å². The number of nitrogens with zero attached hydrogens (tertiary/aromatic N) is 4. The van der Waals surface area contributed by atoms with Gasteiger partial charge in [0.15, 0.2) is 0 Å². The normalized spacial score (nSPS) is 11.3. The van der Waals surface area contributed by atoms with Crippen molar-refractivity contribution >= 4 is 43.6 Å². The summed E-state index contributed by atoms with van der Waals surface area (Å²) in [4.78, 5) is 0. The van der Waals surface area contributed by atoms with Gasteiger partial charge in [-0.25, -0.2) is 0 Å². The van der Waals surface area contributed by atoms with Crippen molar-refractivity contribution in [3.8, 4) is 23.5 Å². The highest BCUT2D eigenvalue weighted by molar-refractivity contribution is 6.12. The Morgan fingerprint density at radius 2 is 0.944 bits per heavy atom. The average molecular weight is 459 g/mol. The molecule has 0 fully saturated rings. The Kier molecular flexibility index (Phi) is 4.24. The molecule has 2 aromatic heterocycles. The van der Waals surface area contributed by atoms with E-state index in [-0.39, 0.29) is 0 Å². The lowest BCUT2D eigenvalue weighted by Crippen LogP contribution is -1.97. The van der Waals surface area contributed by atoms with Gasteiger partial charge in [-0.3, -0.25) is 0 Å². The minimum atomic E-state index is 0.641. The molecule has 0 saturated carbocycles. The quantitative estimate of drug-likeness (QED) is 0.267. The Balaban J connectivity index is 1.57. The summed E-state index contributed by atoms with van der Waals surface area (Å²) in [6, 6.07) is 41.4. The van der Waals surface area contributed by atoms with Crippen molar-refractivity contribution in [1.82, 2.24) is 9.13 Å². The summed E-state index contributed by atoms with van der Waals surface area (Å²) in [5, 5.41) is 23.3. The largest absolute Gasteiger partial charge is 0.309 e. The summed E-state index contributed by atoms with van der Waals surface area (Å²) in [5.74, 6) is 0. The lowest BCUT2D eigenvalue weighted by Gasteiger charge is -2.11. The number of benzene rings is 5. The summed E-state index contributed by atoms with van der Waals surface area (Å²) >= 11 is 0. The van der Waals surface area contributed by atoms with Crippen LogP contribution in [0.4, 0.5) is 0 Å². The lowest BCUT2D eigenvalue weighted by molar-refractivity contribution is 1.15. The fourth-order valence-electron chi connectivity index (χ4n) is 5.38. The van der Waals surface area contributed by atoms with Crippen LogP contribution in [0.25, 0.3) is 55.0 Å². The second-order valence-electron chi connectivity index (χ2n) is 8.91. The number of aromatic nitrogens is 2. The molecule has 0 aliphatic heterocycles. The maximum absolute atomic E-state index is 9.47. The van der Waals surface area contributed by atoms with Crippen LogP contribution in [0.15, 0.2) is 109 Å². The molecule has 5 aromatic carbocycles. The zero-order valence-electron chi connectivity index (χ0n) is 19.2. The van der Waals surface area contributed by atoms with Gasteiger partial charge in [0.2, 0.25) is 0 Å². The zero-order valence-corrected chi connectivity index (χ0v) is 19.2. The first-order valence-electron chi connectivity index (χ1n) is 11.7. The Labute approximate surface area is 207 Å². The van der Waals surface area contributed by atoms with E-state index in [1.165, 1.54) is 10.8 Å². The molecule has 4 heteroatoms. The Hall–Kier alpha value is -5.32. The topological polar surface area (TPSA) is 57.4 Å². The van der Waals surface area contributed by atoms with Gasteiger partial charge in [-0.05, 0) is 66.7 Å². The Morgan fingerprint density at radius 3 is 1.64 bits per heavy atom. The number of fused-ring (bicyclic) bond motifs is 6. The molecule has 4 nitrogen and oxygen atoms in total. The van der Waals surface area contributed by atoms with Gasteiger partial charge in [0.1, 0.15) is 0 Å². The summed E-state index contributed by atoms with van der Waals surface area (Å²) < 4.78 is 4.53. The summed E-state index contributed by atoms with van der Waals surface area (Å²) in [5.41, 5.74) is 7.74. The molecule has 166 valence electrons. The maximum Gasteiger partial charge on any atom is 0.0991 e. The van der Waals surface area contributed by atoms with E-state index in [9.17, 15) is 10.5 Å². The molecule has 0 N–H and O–H groups in total. The predicted octanol–water partition coefficient (Wildman–Crippen LogP) is 7.62. The van der Waals surface area contributed by atoms with Crippen molar-refractivity contribution in [1.29, 1.82) is 10.5 Å². The molecule has 0 spiro atoms. The molecule has 0 amide bonds. The van der Waals surface area contributed by atoms with E-state index in [1.54, 1.807) is 0 Å².